The Kier molecular flexibility index (Phi) is 4.44. The van der Waals surface area contributed by atoms with Crippen LogP contribution in [0.1, 0.15) is 40.3 Å². The van der Waals surface area contributed by atoms with Crippen molar-refractivity contribution in [1.29, 1.82) is 0 Å². The van der Waals surface area contributed by atoms with Gasteiger partial charge in [0, 0.05) is 12.0 Å². The van der Waals surface area contributed by atoms with E-state index in [1.807, 2.05) is 6.92 Å². The molecular weight excluding hydrogens is 226 g/mol. The molecule has 1 aromatic heterocycles. The van der Waals surface area contributed by atoms with Gasteiger partial charge in [-0.15, -0.1) is 11.3 Å². The molecule has 0 spiro atoms. The van der Waals surface area contributed by atoms with Crippen LogP contribution in [0.3, 0.4) is 0 Å². The van der Waals surface area contributed by atoms with Crippen LogP contribution in [-0.4, -0.2) is 25.2 Å². The quantitative estimate of drug-likeness (QED) is 0.763. The van der Waals surface area contributed by atoms with Gasteiger partial charge in [0.15, 0.2) is 5.69 Å². The number of aromatic nitrogens is 1. The van der Waals surface area contributed by atoms with E-state index in [2.05, 4.69) is 23.6 Å². The van der Waals surface area contributed by atoms with E-state index in [4.69, 9.17) is 4.74 Å². The molecule has 0 aliphatic heterocycles. The minimum absolute atomic E-state index is 0.0675. The molecule has 1 rings (SSSR count). The molecule has 16 heavy (non-hydrogen) atoms. The van der Waals surface area contributed by atoms with Crippen molar-refractivity contribution in [2.24, 2.45) is 5.92 Å². The molecule has 0 aliphatic rings. The van der Waals surface area contributed by atoms with E-state index >= 15 is 0 Å². The van der Waals surface area contributed by atoms with Gasteiger partial charge in [-0.2, -0.15) is 0 Å². The standard InChI is InChI=1S/C11H17NO3S/c1-6(2)9(14-4)10-12-8(7(3)16-10)11(13)15-5/h6,9H,1-5H3. The van der Waals surface area contributed by atoms with Crippen molar-refractivity contribution in [3.8, 4) is 0 Å². The smallest absolute Gasteiger partial charge is 0.357 e. The van der Waals surface area contributed by atoms with Gasteiger partial charge in [0.2, 0.25) is 0 Å². The number of hydrogen-bond acceptors (Lipinski definition) is 5. The van der Waals surface area contributed by atoms with Gasteiger partial charge in [-0.25, -0.2) is 9.78 Å². The van der Waals surface area contributed by atoms with Crippen LogP contribution in [-0.2, 0) is 9.47 Å². The summed E-state index contributed by atoms with van der Waals surface area (Å²) in [6.45, 7) is 5.98. The van der Waals surface area contributed by atoms with E-state index < -0.39 is 5.97 Å². The molecule has 0 saturated heterocycles. The second kappa shape index (κ2) is 5.41. The predicted octanol–water partition coefficient (Wildman–Crippen LogP) is 2.58. The van der Waals surface area contributed by atoms with Crippen molar-refractivity contribution < 1.29 is 14.3 Å². The summed E-state index contributed by atoms with van der Waals surface area (Å²) < 4.78 is 10.0. The lowest BCUT2D eigenvalue weighted by Gasteiger charge is -2.15. The Morgan fingerprint density at radius 3 is 2.44 bits per heavy atom. The highest BCUT2D eigenvalue weighted by molar-refractivity contribution is 7.11. The predicted molar refractivity (Wildman–Crippen MR) is 62.8 cm³/mol. The number of hydrogen-bond donors (Lipinski definition) is 0. The Hall–Kier alpha value is -0.940. The maximum absolute atomic E-state index is 11.4. The summed E-state index contributed by atoms with van der Waals surface area (Å²) in [5.74, 6) is -0.0698. The first-order valence-corrected chi connectivity index (χ1v) is 5.91. The van der Waals surface area contributed by atoms with Gasteiger partial charge in [0.05, 0.1) is 7.11 Å². The van der Waals surface area contributed by atoms with Crippen LogP contribution in [0.4, 0.5) is 0 Å². The fraction of sp³-hybridized carbons (Fsp3) is 0.636. The van der Waals surface area contributed by atoms with Crippen molar-refractivity contribution in [2.75, 3.05) is 14.2 Å². The summed E-state index contributed by atoms with van der Waals surface area (Å²) in [5.41, 5.74) is 0.394. The Morgan fingerprint density at radius 1 is 1.38 bits per heavy atom. The van der Waals surface area contributed by atoms with Gasteiger partial charge in [-0.05, 0) is 12.8 Å². The molecule has 0 saturated carbocycles. The van der Waals surface area contributed by atoms with Gasteiger partial charge >= 0.3 is 5.97 Å². The third-order valence-electron chi connectivity index (χ3n) is 2.29. The molecule has 4 nitrogen and oxygen atoms in total. The van der Waals surface area contributed by atoms with Crippen molar-refractivity contribution in [3.63, 3.8) is 0 Å². The highest BCUT2D eigenvalue weighted by atomic mass is 32.1. The summed E-state index contributed by atoms with van der Waals surface area (Å²) in [4.78, 5) is 16.6. The maximum Gasteiger partial charge on any atom is 0.357 e. The summed E-state index contributed by atoms with van der Waals surface area (Å²) >= 11 is 1.48. The van der Waals surface area contributed by atoms with Crippen LogP contribution < -0.4 is 0 Å². The Morgan fingerprint density at radius 2 is 2.00 bits per heavy atom. The van der Waals surface area contributed by atoms with Gasteiger partial charge in [0.25, 0.3) is 0 Å². The highest BCUT2D eigenvalue weighted by Gasteiger charge is 2.23. The molecule has 0 aliphatic carbocycles. The molecule has 0 bridgehead atoms. The molecule has 0 radical (unpaired) electrons. The maximum atomic E-state index is 11.4. The number of carbonyl (C=O) groups is 1. The molecule has 5 heteroatoms. The first kappa shape index (κ1) is 13.1. The van der Waals surface area contributed by atoms with E-state index in [1.165, 1.54) is 18.4 Å². The number of nitrogens with zero attached hydrogens (tertiary/aromatic N) is 1. The average Bonchev–Trinajstić information content (AvgIpc) is 2.59. The van der Waals surface area contributed by atoms with Crippen molar-refractivity contribution >= 4 is 17.3 Å². The lowest BCUT2D eigenvalue weighted by atomic mass is 10.1. The molecule has 1 atom stereocenters. The third kappa shape index (κ3) is 2.59. The van der Waals surface area contributed by atoms with Crippen LogP contribution in [0.5, 0.6) is 0 Å². The second-order valence-electron chi connectivity index (χ2n) is 3.85. The van der Waals surface area contributed by atoms with Crippen molar-refractivity contribution in [2.45, 2.75) is 26.9 Å². The minimum Gasteiger partial charge on any atom is -0.464 e. The van der Waals surface area contributed by atoms with Gasteiger partial charge in [0.1, 0.15) is 11.1 Å². The molecule has 1 heterocycles. The first-order valence-electron chi connectivity index (χ1n) is 5.09. The number of rotatable bonds is 4. The van der Waals surface area contributed by atoms with E-state index in [9.17, 15) is 4.79 Å². The molecule has 0 fully saturated rings. The fourth-order valence-corrected chi connectivity index (χ4v) is 2.64. The zero-order valence-corrected chi connectivity index (χ0v) is 11.1. The fourth-order valence-electron chi connectivity index (χ4n) is 1.48. The number of ether oxygens (including phenoxy) is 2. The lowest BCUT2D eigenvalue weighted by molar-refractivity contribution is 0.0579. The molecule has 0 aromatic carbocycles. The minimum atomic E-state index is -0.390. The second-order valence-corrected chi connectivity index (χ2v) is 5.08. The normalized spacial score (nSPS) is 12.9. The molecule has 1 aromatic rings. The van der Waals surface area contributed by atoms with Crippen LogP contribution in [0.15, 0.2) is 0 Å². The van der Waals surface area contributed by atoms with Gasteiger partial charge in [-0.1, -0.05) is 13.8 Å². The van der Waals surface area contributed by atoms with E-state index in [1.54, 1.807) is 7.11 Å². The topological polar surface area (TPSA) is 48.4 Å². The van der Waals surface area contributed by atoms with Crippen molar-refractivity contribution in [3.05, 3.63) is 15.6 Å². The van der Waals surface area contributed by atoms with Crippen LogP contribution >= 0.6 is 11.3 Å². The summed E-state index contributed by atoms with van der Waals surface area (Å²) in [6, 6.07) is 0. The highest BCUT2D eigenvalue weighted by Crippen LogP contribution is 2.30. The van der Waals surface area contributed by atoms with Crippen LogP contribution in [0, 0.1) is 12.8 Å². The number of thiazole rings is 1. The summed E-state index contributed by atoms with van der Waals surface area (Å²) in [5, 5.41) is 0.829. The largest absolute Gasteiger partial charge is 0.464 e. The summed E-state index contributed by atoms with van der Waals surface area (Å²) in [6.07, 6.45) is -0.0675. The van der Waals surface area contributed by atoms with E-state index in [0.29, 0.717) is 11.6 Å². The van der Waals surface area contributed by atoms with E-state index in [0.717, 1.165) is 9.88 Å². The lowest BCUT2D eigenvalue weighted by Crippen LogP contribution is -2.09. The number of aryl methyl sites for hydroxylation is 1. The molecule has 1 unspecified atom stereocenters. The van der Waals surface area contributed by atoms with Crippen LogP contribution in [0.25, 0.3) is 0 Å². The van der Waals surface area contributed by atoms with Gasteiger partial charge < -0.3 is 9.47 Å². The Bertz CT molecular complexity index is 373. The average molecular weight is 243 g/mol. The zero-order valence-electron chi connectivity index (χ0n) is 10.2. The SMILES string of the molecule is COC(=O)c1nc(C(OC)C(C)C)sc1C. The van der Waals surface area contributed by atoms with Crippen molar-refractivity contribution in [1.82, 2.24) is 4.98 Å². The van der Waals surface area contributed by atoms with Crippen LogP contribution in [0.2, 0.25) is 0 Å². The monoisotopic (exact) mass is 243 g/mol. The first-order chi connectivity index (χ1) is 7.51. The molecule has 90 valence electrons. The molecule has 0 N–H and O–H groups in total. The zero-order chi connectivity index (χ0) is 12.3. The molecule has 0 amide bonds. The Balaban J connectivity index is 3.04. The summed E-state index contributed by atoms with van der Waals surface area (Å²) in [7, 11) is 3.01. The number of methoxy groups -OCH3 is 2. The number of esters is 1. The molecular formula is C11H17NO3S. The number of carbonyl (C=O) groups excluding carboxylic acids is 1. The third-order valence-corrected chi connectivity index (χ3v) is 3.33. The Labute approximate surface area is 99.6 Å². The van der Waals surface area contributed by atoms with Gasteiger partial charge in [-0.3, -0.25) is 0 Å². The van der Waals surface area contributed by atoms with E-state index in [-0.39, 0.29) is 6.10 Å².